The molecule has 28 heavy (non-hydrogen) atoms. The van der Waals surface area contributed by atoms with Gasteiger partial charge in [0.2, 0.25) is 10.0 Å². The second-order valence-electron chi connectivity index (χ2n) is 8.07. The summed E-state index contributed by atoms with van der Waals surface area (Å²) in [5.74, 6) is 2.19. The first-order valence-electron chi connectivity index (χ1n) is 9.64. The van der Waals surface area contributed by atoms with Crippen LogP contribution in [0.2, 0.25) is 0 Å². The highest BCUT2D eigenvalue weighted by Crippen LogP contribution is 2.55. The molecule has 1 heterocycles. The lowest BCUT2D eigenvalue weighted by Crippen LogP contribution is -2.43. The maximum atomic E-state index is 13.0. The van der Waals surface area contributed by atoms with Crippen LogP contribution in [0.5, 0.6) is 0 Å². The van der Waals surface area contributed by atoms with Crippen LogP contribution in [0.25, 0.3) is 0 Å². The Morgan fingerprint density at radius 2 is 1.50 bits per heavy atom. The quantitative estimate of drug-likeness (QED) is 0.645. The highest BCUT2D eigenvalue weighted by molar-refractivity contribution is 8.18. The molecule has 1 aliphatic rings. The van der Waals surface area contributed by atoms with Crippen LogP contribution in [-0.2, 0) is 14.1 Å². The Labute approximate surface area is 178 Å². The van der Waals surface area contributed by atoms with E-state index in [2.05, 4.69) is 29.0 Å². The summed E-state index contributed by atoms with van der Waals surface area (Å²) >= 11 is 3.90. The van der Waals surface area contributed by atoms with Gasteiger partial charge in [0, 0.05) is 6.04 Å². The van der Waals surface area contributed by atoms with Crippen molar-refractivity contribution in [3.05, 3.63) is 71.8 Å². The van der Waals surface area contributed by atoms with Crippen LogP contribution in [0.4, 0.5) is 0 Å². The van der Waals surface area contributed by atoms with E-state index in [-0.39, 0.29) is 10.1 Å². The average molecular weight is 436 g/mol. The van der Waals surface area contributed by atoms with Crippen molar-refractivity contribution >= 4 is 33.5 Å². The van der Waals surface area contributed by atoms with Crippen molar-refractivity contribution in [1.29, 1.82) is 0 Å². The summed E-state index contributed by atoms with van der Waals surface area (Å²) in [6.07, 6.45) is 1.90. The van der Waals surface area contributed by atoms with Crippen LogP contribution in [0, 0.1) is 0 Å². The molecule has 1 atom stereocenters. The smallest absolute Gasteiger partial charge is 0.212 e. The van der Waals surface area contributed by atoms with Crippen molar-refractivity contribution in [2.24, 2.45) is 0 Å². The molecule has 0 unspecified atom stereocenters. The standard InChI is InChI=1S/C22H29NO2S3/c1-21(2,3)28(24,25)23-20(18-11-6-4-7-12-18)17-22(26-15-10-16-27-22)19-13-8-5-9-14-19/h4-9,11-14,20,23H,10,15-17H2,1-3H3/t20-/m1/s1. The van der Waals surface area contributed by atoms with Gasteiger partial charge in [-0.2, -0.15) is 0 Å². The van der Waals surface area contributed by atoms with Gasteiger partial charge in [0.1, 0.15) is 0 Å². The average Bonchev–Trinajstić information content (AvgIpc) is 2.68. The van der Waals surface area contributed by atoms with Crippen LogP contribution >= 0.6 is 23.5 Å². The molecule has 0 radical (unpaired) electrons. The Hall–Kier alpha value is -0.950. The Balaban J connectivity index is 2.00. The van der Waals surface area contributed by atoms with E-state index in [1.54, 1.807) is 20.8 Å². The van der Waals surface area contributed by atoms with Gasteiger partial charge in [-0.3, -0.25) is 0 Å². The number of thioether (sulfide) groups is 2. The number of hydrogen-bond acceptors (Lipinski definition) is 4. The lowest BCUT2D eigenvalue weighted by Gasteiger charge is -2.40. The minimum absolute atomic E-state index is 0.152. The molecule has 1 saturated heterocycles. The van der Waals surface area contributed by atoms with Crippen molar-refractivity contribution in [3.63, 3.8) is 0 Å². The summed E-state index contributed by atoms with van der Waals surface area (Å²) in [7, 11) is -3.47. The van der Waals surface area contributed by atoms with E-state index in [0.29, 0.717) is 6.42 Å². The largest absolute Gasteiger partial charge is 0.217 e. The summed E-state index contributed by atoms with van der Waals surface area (Å²) in [5.41, 5.74) is 2.28. The molecule has 0 amide bonds. The van der Waals surface area contributed by atoms with Crippen LogP contribution in [0.3, 0.4) is 0 Å². The lowest BCUT2D eigenvalue weighted by atomic mass is 9.99. The number of hydrogen-bond donors (Lipinski definition) is 1. The molecule has 1 N–H and O–H groups in total. The monoisotopic (exact) mass is 435 g/mol. The predicted octanol–water partition coefficient (Wildman–Crippen LogP) is 5.56. The van der Waals surface area contributed by atoms with E-state index in [1.807, 2.05) is 59.9 Å². The summed E-state index contributed by atoms with van der Waals surface area (Å²) in [6.45, 7) is 5.23. The molecule has 0 aliphatic carbocycles. The molecule has 2 aromatic carbocycles. The number of sulfonamides is 1. The zero-order valence-electron chi connectivity index (χ0n) is 16.7. The van der Waals surface area contributed by atoms with Crippen molar-refractivity contribution in [3.8, 4) is 0 Å². The van der Waals surface area contributed by atoms with Crippen LogP contribution in [0.15, 0.2) is 60.7 Å². The Morgan fingerprint density at radius 3 is 2.04 bits per heavy atom. The molecule has 1 fully saturated rings. The summed E-state index contributed by atoms with van der Waals surface area (Å²) < 4.78 is 28.0. The fraction of sp³-hybridized carbons (Fsp3) is 0.455. The van der Waals surface area contributed by atoms with Gasteiger partial charge in [-0.15, -0.1) is 23.5 Å². The number of benzene rings is 2. The van der Waals surface area contributed by atoms with E-state index in [1.165, 1.54) is 12.0 Å². The molecular formula is C22H29NO2S3. The van der Waals surface area contributed by atoms with Gasteiger partial charge in [-0.05, 0) is 56.2 Å². The third-order valence-electron chi connectivity index (χ3n) is 4.95. The lowest BCUT2D eigenvalue weighted by molar-refractivity contribution is 0.504. The van der Waals surface area contributed by atoms with Gasteiger partial charge in [-0.1, -0.05) is 60.7 Å². The topological polar surface area (TPSA) is 46.2 Å². The van der Waals surface area contributed by atoms with Crippen LogP contribution in [-0.4, -0.2) is 24.7 Å². The van der Waals surface area contributed by atoms with Gasteiger partial charge in [0.15, 0.2) is 0 Å². The summed E-state index contributed by atoms with van der Waals surface area (Å²) in [5, 5.41) is 0. The third-order valence-corrected chi connectivity index (χ3v) is 10.6. The molecule has 3 rings (SSSR count). The second-order valence-corrected chi connectivity index (χ2v) is 13.6. The van der Waals surface area contributed by atoms with Gasteiger partial charge >= 0.3 is 0 Å². The van der Waals surface area contributed by atoms with E-state index in [0.717, 1.165) is 17.1 Å². The van der Waals surface area contributed by atoms with E-state index in [9.17, 15) is 8.42 Å². The number of rotatable bonds is 6. The Morgan fingerprint density at radius 1 is 0.964 bits per heavy atom. The van der Waals surface area contributed by atoms with E-state index in [4.69, 9.17) is 0 Å². The zero-order chi connectivity index (χ0) is 20.3. The van der Waals surface area contributed by atoms with Crippen molar-refractivity contribution in [2.45, 2.75) is 48.5 Å². The van der Waals surface area contributed by atoms with Crippen molar-refractivity contribution < 1.29 is 8.42 Å². The van der Waals surface area contributed by atoms with Crippen molar-refractivity contribution in [1.82, 2.24) is 4.72 Å². The molecule has 0 aromatic heterocycles. The SMILES string of the molecule is CC(C)(C)S(=O)(=O)N[C@H](CC1(c2ccccc2)SCCCS1)c1ccccc1. The zero-order valence-corrected chi connectivity index (χ0v) is 19.2. The van der Waals surface area contributed by atoms with Crippen LogP contribution < -0.4 is 4.72 Å². The molecule has 3 nitrogen and oxygen atoms in total. The molecule has 6 heteroatoms. The second kappa shape index (κ2) is 8.82. The highest BCUT2D eigenvalue weighted by atomic mass is 32.2. The first kappa shape index (κ1) is 21.8. The Bertz CT molecular complexity index is 856. The fourth-order valence-corrected chi connectivity index (χ4v) is 7.59. The van der Waals surface area contributed by atoms with Crippen molar-refractivity contribution in [2.75, 3.05) is 11.5 Å². The van der Waals surface area contributed by atoms with Gasteiger partial charge in [0.05, 0.1) is 8.83 Å². The fourth-order valence-electron chi connectivity index (χ4n) is 3.21. The third kappa shape index (κ3) is 4.96. The highest BCUT2D eigenvalue weighted by Gasteiger charge is 2.40. The van der Waals surface area contributed by atoms with E-state index >= 15 is 0 Å². The molecule has 1 aliphatic heterocycles. The first-order chi connectivity index (χ1) is 13.2. The van der Waals surface area contributed by atoms with Gasteiger partial charge < -0.3 is 0 Å². The summed E-state index contributed by atoms with van der Waals surface area (Å²) in [6, 6.07) is 20.2. The first-order valence-corrected chi connectivity index (χ1v) is 13.1. The normalized spacial score (nSPS) is 18.5. The van der Waals surface area contributed by atoms with Gasteiger partial charge in [-0.25, -0.2) is 13.1 Å². The summed E-state index contributed by atoms with van der Waals surface area (Å²) in [4.78, 5) is 0. The maximum absolute atomic E-state index is 13.0. The molecule has 152 valence electrons. The maximum Gasteiger partial charge on any atom is 0.217 e. The molecule has 0 spiro atoms. The minimum atomic E-state index is -3.47. The number of nitrogens with one attached hydrogen (secondary N) is 1. The Kier molecular flexibility index (Phi) is 6.85. The van der Waals surface area contributed by atoms with Crippen LogP contribution in [0.1, 0.15) is 50.8 Å². The molecule has 2 aromatic rings. The van der Waals surface area contributed by atoms with E-state index < -0.39 is 14.8 Å². The minimum Gasteiger partial charge on any atom is -0.212 e. The van der Waals surface area contributed by atoms with Gasteiger partial charge in [0.25, 0.3) is 0 Å². The molecule has 0 saturated carbocycles. The molecular weight excluding hydrogens is 406 g/mol. The predicted molar refractivity (Wildman–Crippen MR) is 123 cm³/mol. The molecule has 0 bridgehead atoms.